The number of hydrogen-bond acceptors (Lipinski definition) is 7. The lowest BCUT2D eigenvalue weighted by Crippen LogP contribution is -2.38. The molecule has 1 aliphatic rings. The second-order valence-electron chi connectivity index (χ2n) is 8.31. The molecular weight excluding hydrogens is 550 g/mol. The van der Waals surface area contributed by atoms with Gasteiger partial charge in [-0.2, -0.15) is 0 Å². The van der Waals surface area contributed by atoms with Gasteiger partial charge in [0.1, 0.15) is 23.4 Å². The molecule has 3 aromatic rings. The van der Waals surface area contributed by atoms with E-state index in [4.69, 9.17) is 14.2 Å². The van der Waals surface area contributed by atoms with Gasteiger partial charge in [-0.15, -0.1) is 0 Å². The molecule has 0 aliphatic carbocycles. The van der Waals surface area contributed by atoms with Gasteiger partial charge in [0.25, 0.3) is 10.0 Å². The second-order valence-corrected chi connectivity index (χ2v) is 10.8. The van der Waals surface area contributed by atoms with Crippen molar-refractivity contribution in [3.8, 4) is 17.2 Å². The molecule has 8 nitrogen and oxygen atoms in total. The minimum atomic E-state index is -4.11. The highest BCUT2D eigenvalue weighted by atomic mass is 79.9. The number of nitrogens with one attached hydrogen (secondary N) is 1. The molecule has 4 rings (SSSR count). The summed E-state index contributed by atoms with van der Waals surface area (Å²) in [6.45, 7) is 1.83. The highest BCUT2D eigenvalue weighted by Crippen LogP contribution is 2.43. The predicted octanol–water partition coefficient (Wildman–Crippen LogP) is 4.60. The van der Waals surface area contributed by atoms with Crippen LogP contribution in [0.3, 0.4) is 0 Å². The molecule has 10 heteroatoms. The third kappa shape index (κ3) is 5.24. The predicted molar refractivity (Wildman–Crippen MR) is 136 cm³/mol. The number of halogens is 1. The molecule has 0 radical (unpaired) electrons. The number of methoxy groups -OCH3 is 2. The maximum atomic E-state index is 13.6. The highest BCUT2D eigenvalue weighted by Gasteiger charge is 2.40. The van der Waals surface area contributed by atoms with Gasteiger partial charge in [0, 0.05) is 6.42 Å². The Balaban J connectivity index is 1.67. The molecule has 0 fully saturated rings. The number of ketones is 1. The smallest absolute Gasteiger partial charge is 0.264 e. The molecule has 36 heavy (non-hydrogen) atoms. The van der Waals surface area contributed by atoms with Crippen LogP contribution in [0.1, 0.15) is 34.0 Å². The van der Waals surface area contributed by atoms with Crippen molar-refractivity contribution < 1.29 is 32.2 Å². The third-order valence-corrected chi connectivity index (χ3v) is 7.91. The Morgan fingerprint density at radius 3 is 2.39 bits per heavy atom. The van der Waals surface area contributed by atoms with Crippen molar-refractivity contribution >= 4 is 37.6 Å². The Labute approximate surface area is 217 Å². The van der Waals surface area contributed by atoms with Crippen LogP contribution in [0, 0.1) is 12.8 Å². The van der Waals surface area contributed by atoms with E-state index in [1.54, 1.807) is 48.5 Å². The van der Waals surface area contributed by atoms with Crippen molar-refractivity contribution in [1.82, 2.24) is 4.72 Å². The van der Waals surface area contributed by atoms with Crippen LogP contribution in [0.4, 0.5) is 0 Å². The summed E-state index contributed by atoms with van der Waals surface area (Å²) in [5.74, 6) is -0.762. The molecule has 1 N–H and O–H groups in total. The number of sulfonamides is 1. The van der Waals surface area contributed by atoms with E-state index >= 15 is 0 Å². The van der Waals surface area contributed by atoms with Gasteiger partial charge in [-0.3, -0.25) is 9.59 Å². The maximum absolute atomic E-state index is 13.6. The van der Waals surface area contributed by atoms with E-state index in [0.717, 1.165) is 5.56 Å². The number of benzene rings is 3. The Morgan fingerprint density at radius 1 is 1.03 bits per heavy atom. The molecule has 3 aromatic carbocycles. The summed E-state index contributed by atoms with van der Waals surface area (Å²) >= 11 is 3.44. The summed E-state index contributed by atoms with van der Waals surface area (Å²) in [6, 6.07) is 16.2. The minimum Gasteiger partial charge on any atom is -0.497 e. The fourth-order valence-electron chi connectivity index (χ4n) is 4.01. The number of Topliss-reactive ketones (excluding diaryl/α,β-unsaturated/α-hetero) is 1. The van der Waals surface area contributed by atoms with Crippen molar-refractivity contribution in [2.45, 2.75) is 24.3 Å². The number of carbonyl (C=O) groups is 2. The molecule has 1 heterocycles. The Morgan fingerprint density at radius 2 is 1.75 bits per heavy atom. The van der Waals surface area contributed by atoms with E-state index < -0.39 is 34.4 Å². The first kappa shape index (κ1) is 25.7. The number of ether oxygens (including phenoxy) is 3. The van der Waals surface area contributed by atoms with Crippen LogP contribution >= 0.6 is 15.9 Å². The third-order valence-electron chi connectivity index (χ3n) is 5.90. The van der Waals surface area contributed by atoms with Crippen molar-refractivity contribution in [2.75, 3.05) is 14.2 Å². The Kier molecular flexibility index (Phi) is 7.37. The van der Waals surface area contributed by atoms with Gasteiger partial charge >= 0.3 is 0 Å². The Hall–Kier alpha value is -3.37. The fraction of sp³-hybridized carbons (Fsp3) is 0.231. The average molecular weight is 574 g/mol. The molecular formula is C26H24BrNO7S. The summed E-state index contributed by atoms with van der Waals surface area (Å²) in [6.07, 6.45) is -1.25. The first-order valence-corrected chi connectivity index (χ1v) is 13.2. The maximum Gasteiger partial charge on any atom is 0.264 e. The number of carbonyl (C=O) groups excluding carboxylic acids is 2. The SMILES string of the molecule is COc1ccc2c(c1)C(=O)[C@H](CC(=O)NS(=O)(=O)c1ccc(C)cc1)[C@@H](c1ccc(OC)c(Br)c1)O2. The average Bonchev–Trinajstić information content (AvgIpc) is 2.85. The first-order valence-electron chi connectivity index (χ1n) is 11.0. The molecule has 0 bridgehead atoms. The topological polar surface area (TPSA) is 108 Å². The zero-order valence-electron chi connectivity index (χ0n) is 19.8. The normalized spacial score (nSPS) is 17.1. The molecule has 0 aromatic heterocycles. The van der Waals surface area contributed by atoms with Gasteiger partial charge in [-0.25, -0.2) is 13.1 Å². The van der Waals surface area contributed by atoms with E-state index in [2.05, 4.69) is 20.7 Å². The zero-order chi connectivity index (χ0) is 26.0. The molecule has 0 unspecified atom stereocenters. The molecule has 2 atom stereocenters. The van der Waals surface area contributed by atoms with Crippen LogP contribution in [0.2, 0.25) is 0 Å². The number of aryl methyl sites for hydroxylation is 1. The Bertz CT molecular complexity index is 1420. The van der Waals surface area contributed by atoms with Crippen LogP contribution in [0.25, 0.3) is 0 Å². The van der Waals surface area contributed by atoms with Crippen LogP contribution in [-0.2, 0) is 14.8 Å². The first-order chi connectivity index (χ1) is 17.1. The largest absolute Gasteiger partial charge is 0.497 e. The lowest BCUT2D eigenvalue weighted by atomic mass is 9.83. The van der Waals surface area contributed by atoms with Crippen molar-refractivity contribution in [3.05, 3.63) is 81.8 Å². The standard InChI is InChI=1S/C26H24BrNO7S/c1-15-4-8-18(9-5-15)36(31,32)28-24(29)14-20-25(30)19-13-17(33-2)7-11-22(19)35-26(20)16-6-10-23(34-3)21(27)12-16/h4-13,20,26H,14H2,1-3H3,(H,28,29)/t20-,26+/m0/s1. The highest BCUT2D eigenvalue weighted by molar-refractivity contribution is 9.10. The van der Waals surface area contributed by atoms with Crippen molar-refractivity contribution in [2.24, 2.45) is 5.92 Å². The quantitative estimate of drug-likeness (QED) is 0.440. The van der Waals surface area contributed by atoms with Crippen LogP contribution in [0.5, 0.6) is 17.2 Å². The van der Waals surface area contributed by atoms with Crippen LogP contribution in [-0.4, -0.2) is 34.3 Å². The summed E-state index contributed by atoms with van der Waals surface area (Å²) in [5, 5.41) is 0. The monoisotopic (exact) mass is 573 g/mol. The van der Waals surface area contributed by atoms with Gasteiger partial charge in [0.2, 0.25) is 5.91 Å². The van der Waals surface area contributed by atoms with E-state index in [-0.39, 0.29) is 16.2 Å². The van der Waals surface area contributed by atoms with Gasteiger partial charge in [-0.05, 0) is 70.9 Å². The molecule has 0 spiro atoms. The molecule has 1 amide bonds. The number of hydrogen-bond donors (Lipinski definition) is 1. The number of rotatable bonds is 7. The minimum absolute atomic E-state index is 0.0432. The summed E-state index contributed by atoms with van der Waals surface area (Å²) in [4.78, 5) is 26.5. The van der Waals surface area contributed by atoms with E-state index in [9.17, 15) is 18.0 Å². The van der Waals surface area contributed by atoms with Gasteiger partial charge in [0.15, 0.2) is 5.78 Å². The number of fused-ring (bicyclic) bond motifs is 1. The zero-order valence-corrected chi connectivity index (χ0v) is 22.2. The summed E-state index contributed by atoms with van der Waals surface area (Å²) in [7, 11) is -1.10. The molecule has 0 saturated carbocycles. The van der Waals surface area contributed by atoms with Gasteiger partial charge < -0.3 is 14.2 Å². The summed E-state index contributed by atoms with van der Waals surface area (Å²) in [5.41, 5.74) is 1.77. The fourth-order valence-corrected chi connectivity index (χ4v) is 5.57. The van der Waals surface area contributed by atoms with E-state index in [0.29, 0.717) is 27.3 Å². The van der Waals surface area contributed by atoms with Gasteiger partial charge in [-0.1, -0.05) is 23.8 Å². The lowest BCUT2D eigenvalue weighted by Gasteiger charge is -2.33. The van der Waals surface area contributed by atoms with Crippen molar-refractivity contribution in [1.29, 1.82) is 0 Å². The van der Waals surface area contributed by atoms with Crippen LogP contribution < -0.4 is 18.9 Å². The molecule has 1 aliphatic heterocycles. The summed E-state index contributed by atoms with van der Waals surface area (Å²) < 4.78 is 44.9. The van der Waals surface area contributed by atoms with Crippen molar-refractivity contribution in [3.63, 3.8) is 0 Å². The second kappa shape index (κ2) is 10.3. The molecule has 188 valence electrons. The molecule has 0 saturated heterocycles. The lowest BCUT2D eigenvalue weighted by molar-refractivity contribution is -0.120. The number of amides is 1. The van der Waals surface area contributed by atoms with E-state index in [1.165, 1.54) is 26.4 Å². The van der Waals surface area contributed by atoms with Gasteiger partial charge in [0.05, 0.1) is 35.1 Å². The van der Waals surface area contributed by atoms with E-state index in [1.807, 2.05) is 6.92 Å². The van der Waals surface area contributed by atoms with Crippen LogP contribution in [0.15, 0.2) is 70.0 Å².